The zero-order valence-electron chi connectivity index (χ0n) is 11.3. The van der Waals surface area contributed by atoms with Crippen molar-refractivity contribution in [3.63, 3.8) is 0 Å². The van der Waals surface area contributed by atoms with E-state index in [1.54, 1.807) is 7.11 Å². The van der Waals surface area contributed by atoms with Gasteiger partial charge in [-0.2, -0.15) is 0 Å². The molecule has 0 aliphatic heterocycles. The van der Waals surface area contributed by atoms with Crippen LogP contribution in [-0.4, -0.2) is 30.3 Å². The predicted octanol–water partition coefficient (Wildman–Crippen LogP) is 2.72. The number of rotatable bonds is 5. The average Bonchev–Trinajstić information content (AvgIpc) is 2.61. The first-order valence-corrected chi connectivity index (χ1v) is 6.37. The highest BCUT2D eigenvalue weighted by molar-refractivity contribution is 7.13. The van der Waals surface area contributed by atoms with Gasteiger partial charge in [0.05, 0.1) is 12.3 Å². The van der Waals surface area contributed by atoms with Gasteiger partial charge in [-0.3, -0.25) is 0 Å². The maximum absolute atomic E-state index is 11.1. The molecule has 1 aromatic rings. The Hall–Kier alpha value is -0.980. The van der Waals surface area contributed by atoms with E-state index in [1.807, 2.05) is 20.8 Å². The molecule has 0 fully saturated rings. The number of ether oxygens (including phenoxy) is 2. The number of hydrogen-bond donors (Lipinski definition) is 1. The summed E-state index contributed by atoms with van der Waals surface area (Å²) in [6, 6.07) is 0. The summed E-state index contributed by atoms with van der Waals surface area (Å²) in [5.41, 5.74) is 0.309. The van der Waals surface area contributed by atoms with Crippen molar-refractivity contribution in [2.45, 2.75) is 33.5 Å². The number of aromatic carboxylic acids is 1. The molecule has 1 atom stereocenters. The second-order valence-corrected chi connectivity index (χ2v) is 6.08. The third-order valence-corrected chi connectivity index (χ3v) is 3.56. The van der Waals surface area contributed by atoms with Crippen LogP contribution in [0.15, 0.2) is 0 Å². The van der Waals surface area contributed by atoms with Crippen LogP contribution in [0.1, 0.15) is 47.2 Å². The molecular formula is C12H19NO4S. The summed E-state index contributed by atoms with van der Waals surface area (Å²) in [4.78, 5) is 15.7. The van der Waals surface area contributed by atoms with Crippen LogP contribution in [0.4, 0.5) is 0 Å². The number of aromatic nitrogens is 1. The molecule has 1 aromatic heterocycles. The molecule has 0 amide bonds. The fourth-order valence-corrected chi connectivity index (χ4v) is 2.94. The van der Waals surface area contributed by atoms with E-state index >= 15 is 0 Å². The first-order valence-electron chi connectivity index (χ1n) is 5.55. The Morgan fingerprint density at radius 1 is 1.44 bits per heavy atom. The molecule has 0 spiro atoms. The zero-order valence-corrected chi connectivity index (χ0v) is 12.1. The molecule has 18 heavy (non-hydrogen) atoms. The van der Waals surface area contributed by atoms with Crippen molar-refractivity contribution in [1.82, 2.24) is 4.98 Å². The lowest BCUT2D eigenvalue weighted by molar-refractivity contribution is 0.0148. The van der Waals surface area contributed by atoms with E-state index in [9.17, 15) is 4.79 Å². The van der Waals surface area contributed by atoms with Crippen molar-refractivity contribution in [3.8, 4) is 0 Å². The topological polar surface area (TPSA) is 68.7 Å². The van der Waals surface area contributed by atoms with Crippen LogP contribution in [0, 0.1) is 5.41 Å². The Morgan fingerprint density at radius 2 is 2.06 bits per heavy atom. The number of carboxylic acids is 1. The lowest BCUT2D eigenvalue weighted by Crippen LogP contribution is -2.20. The molecule has 102 valence electrons. The number of thiazole rings is 1. The van der Waals surface area contributed by atoms with Crippen LogP contribution >= 0.6 is 11.3 Å². The van der Waals surface area contributed by atoms with E-state index in [0.717, 1.165) is 11.3 Å². The minimum atomic E-state index is -0.977. The van der Waals surface area contributed by atoms with E-state index in [0.29, 0.717) is 10.7 Å². The summed E-state index contributed by atoms with van der Waals surface area (Å²) in [5.74, 6) is -0.977. The second-order valence-electron chi connectivity index (χ2n) is 5.05. The molecule has 0 saturated heterocycles. The van der Waals surface area contributed by atoms with Gasteiger partial charge in [0.15, 0.2) is 0 Å². The molecule has 0 aliphatic carbocycles. The van der Waals surface area contributed by atoms with Crippen LogP contribution < -0.4 is 0 Å². The molecule has 1 rings (SSSR count). The smallest absolute Gasteiger partial charge is 0.347 e. The summed E-state index contributed by atoms with van der Waals surface area (Å²) < 4.78 is 10.4. The number of methoxy groups -OCH3 is 2. The van der Waals surface area contributed by atoms with E-state index in [1.165, 1.54) is 7.11 Å². The van der Waals surface area contributed by atoms with E-state index in [4.69, 9.17) is 14.6 Å². The zero-order chi connectivity index (χ0) is 13.9. The maximum atomic E-state index is 11.1. The fraction of sp³-hybridized carbons (Fsp3) is 0.667. The van der Waals surface area contributed by atoms with Crippen molar-refractivity contribution < 1.29 is 19.4 Å². The van der Waals surface area contributed by atoms with Crippen LogP contribution in [0.5, 0.6) is 0 Å². The summed E-state index contributed by atoms with van der Waals surface area (Å²) in [6.07, 6.45) is -0.230. The molecular weight excluding hydrogens is 254 g/mol. The minimum Gasteiger partial charge on any atom is -0.477 e. The highest BCUT2D eigenvalue weighted by Gasteiger charge is 2.31. The van der Waals surface area contributed by atoms with E-state index < -0.39 is 5.97 Å². The molecule has 1 unspecified atom stereocenters. The van der Waals surface area contributed by atoms with Crippen LogP contribution in [-0.2, 0) is 16.1 Å². The van der Waals surface area contributed by atoms with Crippen molar-refractivity contribution in [2.24, 2.45) is 5.41 Å². The quantitative estimate of drug-likeness (QED) is 0.893. The van der Waals surface area contributed by atoms with Gasteiger partial charge >= 0.3 is 5.97 Å². The Morgan fingerprint density at radius 3 is 2.44 bits per heavy atom. The summed E-state index contributed by atoms with van der Waals surface area (Å²) in [5, 5.41) is 9.81. The highest BCUT2D eigenvalue weighted by Crippen LogP contribution is 2.38. The molecule has 5 nitrogen and oxygen atoms in total. The maximum Gasteiger partial charge on any atom is 0.347 e. The molecule has 0 bridgehead atoms. The van der Waals surface area contributed by atoms with Gasteiger partial charge in [0.25, 0.3) is 0 Å². The fourth-order valence-electron chi connectivity index (χ4n) is 1.71. The van der Waals surface area contributed by atoms with Gasteiger partial charge in [0.1, 0.15) is 16.0 Å². The van der Waals surface area contributed by atoms with Gasteiger partial charge in [0.2, 0.25) is 0 Å². The van der Waals surface area contributed by atoms with Crippen LogP contribution in [0.25, 0.3) is 0 Å². The van der Waals surface area contributed by atoms with Crippen molar-refractivity contribution in [3.05, 3.63) is 15.6 Å². The predicted molar refractivity (Wildman–Crippen MR) is 69.0 cm³/mol. The molecule has 6 heteroatoms. The van der Waals surface area contributed by atoms with Gasteiger partial charge < -0.3 is 14.6 Å². The standard InChI is InChI=1S/C12H19NO4S/c1-12(2,3)9(17-5)10-13-7(6-16-4)8(18-10)11(14)15/h9H,6H2,1-5H3,(H,14,15). The number of carboxylic acid groups (broad SMARTS) is 1. The molecule has 1 heterocycles. The van der Waals surface area contributed by atoms with Crippen molar-refractivity contribution in [1.29, 1.82) is 0 Å². The first kappa shape index (κ1) is 15.1. The van der Waals surface area contributed by atoms with Gasteiger partial charge in [-0.25, -0.2) is 9.78 Å². The molecule has 0 radical (unpaired) electrons. The number of nitrogens with zero attached hydrogens (tertiary/aromatic N) is 1. The van der Waals surface area contributed by atoms with Gasteiger partial charge in [-0.05, 0) is 5.41 Å². The number of carbonyl (C=O) groups is 1. The molecule has 0 aliphatic rings. The SMILES string of the molecule is COCc1nc(C(OC)C(C)(C)C)sc1C(=O)O. The summed E-state index contributed by atoms with van der Waals surface area (Å²) in [7, 11) is 3.12. The normalized spacial score (nSPS) is 13.6. The number of hydrogen-bond acceptors (Lipinski definition) is 5. The van der Waals surface area contributed by atoms with Crippen molar-refractivity contribution >= 4 is 17.3 Å². The molecule has 0 saturated carbocycles. The molecule has 1 N–H and O–H groups in total. The summed E-state index contributed by atoms with van der Waals surface area (Å²) in [6.45, 7) is 6.27. The largest absolute Gasteiger partial charge is 0.477 e. The monoisotopic (exact) mass is 273 g/mol. The Bertz CT molecular complexity index is 422. The first-order chi connectivity index (χ1) is 8.31. The van der Waals surface area contributed by atoms with Gasteiger partial charge in [0, 0.05) is 14.2 Å². The minimum absolute atomic E-state index is 0.146. The van der Waals surface area contributed by atoms with E-state index in [-0.39, 0.29) is 23.0 Å². The van der Waals surface area contributed by atoms with Crippen LogP contribution in [0.2, 0.25) is 0 Å². The Balaban J connectivity index is 3.17. The third-order valence-electron chi connectivity index (χ3n) is 2.44. The van der Waals surface area contributed by atoms with Gasteiger partial charge in [-0.1, -0.05) is 20.8 Å². The summed E-state index contributed by atoms with van der Waals surface area (Å²) >= 11 is 1.15. The van der Waals surface area contributed by atoms with Crippen LogP contribution in [0.3, 0.4) is 0 Å². The van der Waals surface area contributed by atoms with Gasteiger partial charge in [-0.15, -0.1) is 11.3 Å². The Kier molecular flexibility index (Phi) is 4.84. The molecule has 0 aromatic carbocycles. The Labute approximate surface area is 111 Å². The lowest BCUT2D eigenvalue weighted by atomic mass is 9.89. The highest BCUT2D eigenvalue weighted by atomic mass is 32.1. The van der Waals surface area contributed by atoms with Crippen molar-refractivity contribution in [2.75, 3.05) is 14.2 Å². The van der Waals surface area contributed by atoms with E-state index in [2.05, 4.69) is 4.98 Å². The third kappa shape index (κ3) is 3.28. The lowest BCUT2D eigenvalue weighted by Gasteiger charge is -2.27. The average molecular weight is 273 g/mol. The second kappa shape index (κ2) is 5.77.